The van der Waals surface area contributed by atoms with Gasteiger partial charge in [0.15, 0.2) is 5.82 Å². The molecule has 5 N–H and O–H groups in total. The molecule has 0 aliphatic carbocycles. The third kappa shape index (κ3) is 3.09. The van der Waals surface area contributed by atoms with Gasteiger partial charge in [0.2, 0.25) is 0 Å². The number of nitrogens with zero attached hydrogens (tertiary/aromatic N) is 2. The average molecular weight is 398 g/mol. The van der Waals surface area contributed by atoms with Gasteiger partial charge in [-0.2, -0.15) is 0 Å². The fourth-order valence-corrected chi connectivity index (χ4v) is 4.05. The largest absolute Gasteiger partial charge is 0.366 e. The van der Waals surface area contributed by atoms with Crippen LogP contribution in [0.4, 0.5) is 5.82 Å². The minimum absolute atomic E-state index is 0.460. The fourth-order valence-electron chi connectivity index (χ4n) is 4.05. The summed E-state index contributed by atoms with van der Waals surface area (Å²) in [5.41, 5.74) is 11.8. The molecule has 2 aromatic heterocycles. The number of hydrogen-bond donors (Lipinski definition) is 4. The van der Waals surface area contributed by atoms with Gasteiger partial charge < -0.3 is 21.4 Å². The first-order valence-electron chi connectivity index (χ1n) is 9.91. The third-order valence-electron chi connectivity index (χ3n) is 5.50. The van der Waals surface area contributed by atoms with Crippen LogP contribution in [0.5, 0.6) is 0 Å². The van der Waals surface area contributed by atoms with E-state index in [2.05, 4.69) is 27.8 Å². The molecule has 30 heavy (non-hydrogen) atoms. The van der Waals surface area contributed by atoms with Crippen LogP contribution >= 0.6 is 0 Å². The highest BCUT2D eigenvalue weighted by Crippen LogP contribution is 2.34. The Hall–Kier alpha value is -3.71. The first kappa shape index (κ1) is 18.3. The molecule has 7 nitrogen and oxygen atoms in total. The Labute approximate surface area is 173 Å². The number of aromatic amines is 1. The highest BCUT2D eigenvalue weighted by atomic mass is 16.1. The first-order valence-corrected chi connectivity index (χ1v) is 9.91. The summed E-state index contributed by atoms with van der Waals surface area (Å²) in [5.74, 6) is 1.01. The van der Waals surface area contributed by atoms with Gasteiger partial charge in [-0.1, -0.05) is 42.5 Å². The number of carbonyl (C=O) groups is 1. The van der Waals surface area contributed by atoms with Crippen molar-refractivity contribution in [3.63, 3.8) is 0 Å². The van der Waals surface area contributed by atoms with E-state index in [0.29, 0.717) is 24.5 Å². The van der Waals surface area contributed by atoms with E-state index in [1.165, 1.54) is 5.56 Å². The van der Waals surface area contributed by atoms with Gasteiger partial charge in [-0.05, 0) is 18.6 Å². The predicted octanol–water partition coefficient (Wildman–Crippen LogP) is 3.25. The number of benzene rings is 2. The van der Waals surface area contributed by atoms with Crippen molar-refractivity contribution in [2.24, 2.45) is 5.73 Å². The molecule has 0 saturated heterocycles. The summed E-state index contributed by atoms with van der Waals surface area (Å²) in [6.07, 6.45) is 0. The topological polar surface area (TPSA) is 109 Å². The lowest BCUT2D eigenvalue weighted by Gasteiger charge is -2.12. The maximum atomic E-state index is 11.9. The van der Waals surface area contributed by atoms with E-state index in [4.69, 9.17) is 15.7 Å². The second-order valence-corrected chi connectivity index (χ2v) is 7.48. The van der Waals surface area contributed by atoms with E-state index >= 15 is 0 Å². The van der Waals surface area contributed by atoms with Crippen LogP contribution in [0, 0.1) is 6.92 Å². The SMILES string of the molecule is Cc1[nH]c2c(C(N)=O)cccc2c1-c1nc2c(c(NCc3ccccc3)n1)CNC2. The van der Waals surface area contributed by atoms with E-state index in [1.54, 1.807) is 6.07 Å². The molecule has 7 heteroatoms. The summed E-state index contributed by atoms with van der Waals surface area (Å²) in [5, 5.41) is 7.74. The molecule has 0 bridgehead atoms. The number of aromatic nitrogens is 3. The van der Waals surface area contributed by atoms with Crippen molar-refractivity contribution in [1.29, 1.82) is 0 Å². The van der Waals surface area contributed by atoms with E-state index in [-0.39, 0.29) is 0 Å². The van der Waals surface area contributed by atoms with Gasteiger partial charge in [-0.25, -0.2) is 9.97 Å². The normalized spacial score (nSPS) is 12.8. The monoisotopic (exact) mass is 398 g/mol. The Morgan fingerprint density at radius 3 is 2.73 bits per heavy atom. The first-order chi connectivity index (χ1) is 14.6. The van der Waals surface area contributed by atoms with Gasteiger partial charge >= 0.3 is 0 Å². The predicted molar refractivity (Wildman–Crippen MR) is 117 cm³/mol. The molecule has 2 aromatic carbocycles. The Morgan fingerprint density at radius 2 is 1.93 bits per heavy atom. The van der Waals surface area contributed by atoms with Crippen molar-refractivity contribution in [1.82, 2.24) is 20.3 Å². The number of H-pyrrole nitrogens is 1. The highest BCUT2D eigenvalue weighted by molar-refractivity contribution is 6.09. The van der Waals surface area contributed by atoms with Crippen molar-refractivity contribution >= 4 is 22.6 Å². The maximum Gasteiger partial charge on any atom is 0.250 e. The summed E-state index contributed by atoms with van der Waals surface area (Å²) in [6, 6.07) is 15.8. The van der Waals surface area contributed by atoms with Crippen LogP contribution in [0.25, 0.3) is 22.3 Å². The lowest BCUT2D eigenvalue weighted by Crippen LogP contribution is -2.11. The van der Waals surface area contributed by atoms with Gasteiger partial charge in [0.1, 0.15) is 5.82 Å². The fraction of sp³-hybridized carbons (Fsp3) is 0.174. The minimum Gasteiger partial charge on any atom is -0.366 e. The van der Waals surface area contributed by atoms with Gasteiger partial charge in [-0.15, -0.1) is 0 Å². The van der Waals surface area contributed by atoms with Crippen LogP contribution in [0.15, 0.2) is 48.5 Å². The highest BCUT2D eigenvalue weighted by Gasteiger charge is 2.23. The van der Waals surface area contributed by atoms with Crippen LogP contribution < -0.4 is 16.4 Å². The molecule has 4 aromatic rings. The van der Waals surface area contributed by atoms with E-state index in [0.717, 1.165) is 45.8 Å². The number of hydrogen-bond acceptors (Lipinski definition) is 5. The lowest BCUT2D eigenvalue weighted by molar-refractivity contribution is 0.100. The van der Waals surface area contributed by atoms with E-state index < -0.39 is 5.91 Å². The molecule has 3 heterocycles. The second-order valence-electron chi connectivity index (χ2n) is 7.48. The van der Waals surface area contributed by atoms with E-state index in [9.17, 15) is 4.79 Å². The van der Waals surface area contributed by atoms with Crippen molar-refractivity contribution in [2.45, 2.75) is 26.6 Å². The number of fused-ring (bicyclic) bond motifs is 2. The number of para-hydroxylation sites is 1. The van der Waals surface area contributed by atoms with Crippen LogP contribution in [-0.4, -0.2) is 20.9 Å². The number of rotatable bonds is 5. The third-order valence-corrected chi connectivity index (χ3v) is 5.50. The number of nitrogens with two attached hydrogens (primary N) is 1. The van der Waals surface area contributed by atoms with Crippen molar-refractivity contribution in [2.75, 3.05) is 5.32 Å². The Morgan fingerprint density at radius 1 is 1.10 bits per heavy atom. The maximum absolute atomic E-state index is 11.9. The van der Waals surface area contributed by atoms with Crippen molar-refractivity contribution in [3.05, 3.63) is 76.6 Å². The van der Waals surface area contributed by atoms with Gasteiger partial charge in [0.05, 0.1) is 16.8 Å². The molecule has 1 amide bonds. The van der Waals surface area contributed by atoms with E-state index in [1.807, 2.05) is 37.3 Å². The molecule has 0 spiro atoms. The van der Waals surface area contributed by atoms with Gasteiger partial charge in [-0.3, -0.25) is 4.79 Å². The number of nitrogens with one attached hydrogen (secondary N) is 3. The zero-order valence-electron chi connectivity index (χ0n) is 16.6. The number of anilines is 1. The molecular formula is C23H22N6O. The zero-order valence-corrected chi connectivity index (χ0v) is 16.6. The Kier molecular flexibility index (Phi) is 4.44. The quantitative estimate of drug-likeness (QED) is 0.413. The van der Waals surface area contributed by atoms with Gasteiger partial charge in [0, 0.05) is 41.8 Å². The molecule has 0 fully saturated rings. The zero-order chi connectivity index (χ0) is 20.7. The molecule has 1 aliphatic rings. The Bertz CT molecular complexity index is 1260. The standard InChI is InChI=1S/C23H22N6O/c1-13-19(15-8-5-9-16(21(24)30)20(15)27-13)23-28-18-12-25-11-17(18)22(29-23)26-10-14-6-3-2-4-7-14/h2-9,25,27H,10-12H2,1H3,(H2,24,30)(H,26,28,29). The number of aryl methyl sites for hydroxylation is 1. The molecule has 0 atom stereocenters. The number of amides is 1. The Balaban J connectivity index is 1.61. The van der Waals surface area contributed by atoms with Crippen LogP contribution in [0.1, 0.15) is 32.9 Å². The second kappa shape index (κ2) is 7.27. The summed E-state index contributed by atoms with van der Waals surface area (Å²) in [6.45, 7) is 4.10. The molecule has 1 aliphatic heterocycles. The summed E-state index contributed by atoms with van der Waals surface area (Å²) in [4.78, 5) is 24.9. The number of primary amides is 1. The summed E-state index contributed by atoms with van der Waals surface area (Å²) in [7, 11) is 0. The molecule has 5 rings (SSSR count). The molecule has 150 valence electrons. The molecule has 0 radical (unpaired) electrons. The van der Waals surface area contributed by atoms with Crippen molar-refractivity contribution < 1.29 is 4.79 Å². The van der Waals surface area contributed by atoms with Crippen LogP contribution in [-0.2, 0) is 19.6 Å². The van der Waals surface area contributed by atoms with Gasteiger partial charge in [0.25, 0.3) is 5.91 Å². The average Bonchev–Trinajstić information content (AvgIpc) is 3.35. The summed E-state index contributed by atoms with van der Waals surface area (Å²) < 4.78 is 0. The molecule has 0 saturated carbocycles. The van der Waals surface area contributed by atoms with Crippen LogP contribution in [0.2, 0.25) is 0 Å². The minimum atomic E-state index is -0.460. The molecule has 0 unspecified atom stereocenters. The summed E-state index contributed by atoms with van der Waals surface area (Å²) >= 11 is 0. The number of carbonyl (C=O) groups excluding carboxylic acids is 1. The molecular weight excluding hydrogens is 376 g/mol. The van der Waals surface area contributed by atoms with Crippen LogP contribution in [0.3, 0.4) is 0 Å². The smallest absolute Gasteiger partial charge is 0.250 e. The lowest BCUT2D eigenvalue weighted by atomic mass is 10.1. The van der Waals surface area contributed by atoms with Crippen molar-refractivity contribution in [3.8, 4) is 11.4 Å².